The van der Waals surface area contributed by atoms with Crippen LogP contribution in [0, 0.1) is 0 Å². The van der Waals surface area contributed by atoms with Gasteiger partial charge in [-0.1, -0.05) is 13.0 Å². The number of alkyl halides is 3. The molecule has 3 N–H and O–H groups in total. The van der Waals surface area contributed by atoms with E-state index >= 15 is 0 Å². The third-order valence-corrected chi connectivity index (χ3v) is 3.50. The maximum atomic E-state index is 12.9. The van der Waals surface area contributed by atoms with Crippen molar-refractivity contribution < 1.29 is 22.7 Å². The molecular weight excluding hydrogens is 285 g/mol. The standard InChI is InChI=1S/C14H19F3N2O2/c1-4-13(2,21-3)12(20)19-10-6-5-9(8-18)11(7-10)14(15,16)17/h5-7H,4,8,18H2,1-3H3,(H,19,20). The van der Waals surface area contributed by atoms with Crippen molar-refractivity contribution in [2.24, 2.45) is 5.73 Å². The fourth-order valence-corrected chi connectivity index (χ4v) is 1.76. The number of ether oxygens (including phenoxy) is 1. The second-order valence-corrected chi connectivity index (χ2v) is 4.82. The summed E-state index contributed by atoms with van der Waals surface area (Å²) in [7, 11) is 1.38. The van der Waals surface area contributed by atoms with Crippen molar-refractivity contribution in [1.82, 2.24) is 0 Å². The number of amides is 1. The third-order valence-electron chi connectivity index (χ3n) is 3.50. The molecule has 0 aromatic heterocycles. The van der Waals surface area contributed by atoms with Crippen LogP contribution in [-0.4, -0.2) is 18.6 Å². The van der Waals surface area contributed by atoms with E-state index in [1.165, 1.54) is 19.2 Å². The van der Waals surface area contributed by atoms with E-state index < -0.39 is 23.2 Å². The number of hydrogen-bond donors (Lipinski definition) is 2. The first-order valence-electron chi connectivity index (χ1n) is 6.44. The highest BCUT2D eigenvalue weighted by molar-refractivity contribution is 5.97. The van der Waals surface area contributed by atoms with Gasteiger partial charge in [-0.2, -0.15) is 13.2 Å². The molecule has 1 aromatic carbocycles. The van der Waals surface area contributed by atoms with Gasteiger partial charge in [0.1, 0.15) is 5.60 Å². The van der Waals surface area contributed by atoms with Crippen molar-refractivity contribution in [2.45, 2.75) is 38.6 Å². The van der Waals surface area contributed by atoms with E-state index in [1.807, 2.05) is 0 Å². The highest BCUT2D eigenvalue weighted by Gasteiger charge is 2.34. The topological polar surface area (TPSA) is 64.3 Å². The van der Waals surface area contributed by atoms with E-state index in [9.17, 15) is 18.0 Å². The summed E-state index contributed by atoms with van der Waals surface area (Å²) in [6, 6.07) is 3.53. The summed E-state index contributed by atoms with van der Waals surface area (Å²) in [5.74, 6) is -0.499. The molecule has 0 radical (unpaired) electrons. The van der Waals surface area contributed by atoms with Crippen molar-refractivity contribution in [3.8, 4) is 0 Å². The highest BCUT2D eigenvalue weighted by Crippen LogP contribution is 2.34. The van der Waals surface area contributed by atoms with Gasteiger partial charge in [-0.15, -0.1) is 0 Å². The molecule has 0 aliphatic rings. The van der Waals surface area contributed by atoms with Crippen LogP contribution in [0.1, 0.15) is 31.4 Å². The predicted octanol–water partition coefficient (Wildman–Crippen LogP) is 2.92. The van der Waals surface area contributed by atoms with Crippen molar-refractivity contribution >= 4 is 11.6 Å². The molecule has 1 aromatic rings. The summed E-state index contributed by atoms with van der Waals surface area (Å²) >= 11 is 0. The smallest absolute Gasteiger partial charge is 0.369 e. The van der Waals surface area contributed by atoms with Crippen molar-refractivity contribution in [2.75, 3.05) is 12.4 Å². The molecular formula is C14H19F3N2O2. The zero-order valence-electron chi connectivity index (χ0n) is 12.2. The number of hydrogen-bond acceptors (Lipinski definition) is 3. The lowest BCUT2D eigenvalue weighted by Crippen LogP contribution is -2.41. The molecule has 118 valence electrons. The molecule has 0 aliphatic carbocycles. The molecule has 0 spiro atoms. The summed E-state index contributed by atoms with van der Waals surface area (Å²) in [6.07, 6.45) is -4.13. The summed E-state index contributed by atoms with van der Waals surface area (Å²) in [4.78, 5) is 12.1. The first-order chi connectivity index (χ1) is 9.67. The predicted molar refractivity (Wildman–Crippen MR) is 73.7 cm³/mol. The number of methoxy groups -OCH3 is 1. The van der Waals surface area contributed by atoms with E-state index in [4.69, 9.17) is 10.5 Å². The van der Waals surface area contributed by atoms with Gasteiger partial charge in [-0.25, -0.2) is 0 Å². The lowest BCUT2D eigenvalue weighted by Gasteiger charge is -2.25. The van der Waals surface area contributed by atoms with Gasteiger partial charge >= 0.3 is 6.18 Å². The molecule has 0 fully saturated rings. The summed E-state index contributed by atoms with van der Waals surface area (Å²) in [6.45, 7) is 3.09. The number of nitrogens with one attached hydrogen (secondary N) is 1. The largest absolute Gasteiger partial charge is 0.416 e. The molecule has 0 saturated heterocycles. The van der Waals surface area contributed by atoms with E-state index in [0.29, 0.717) is 6.42 Å². The maximum Gasteiger partial charge on any atom is 0.416 e. The van der Waals surface area contributed by atoms with E-state index in [1.54, 1.807) is 13.8 Å². The van der Waals surface area contributed by atoms with Gasteiger partial charge in [0.15, 0.2) is 0 Å². The monoisotopic (exact) mass is 304 g/mol. The maximum absolute atomic E-state index is 12.9. The average molecular weight is 304 g/mol. The Morgan fingerprint density at radius 2 is 2.00 bits per heavy atom. The Kier molecular flexibility index (Phi) is 5.36. The molecule has 4 nitrogen and oxygen atoms in total. The highest BCUT2D eigenvalue weighted by atomic mass is 19.4. The second-order valence-electron chi connectivity index (χ2n) is 4.82. The summed E-state index contributed by atoms with van der Waals surface area (Å²) < 4.78 is 43.9. The molecule has 0 aliphatic heterocycles. The van der Waals surface area contributed by atoms with Crippen LogP contribution in [0.25, 0.3) is 0 Å². The first kappa shape index (κ1) is 17.5. The number of nitrogens with two attached hydrogens (primary N) is 1. The molecule has 1 rings (SSSR count). The van der Waals surface area contributed by atoms with Crippen LogP contribution in [0.2, 0.25) is 0 Å². The van der Waals surface area contributed by atoms with Crippen LogP contribution < -0.4 is 11.1 Å². The van der Waals surface area contributed by atoms with Crippen LogP contribution >= 0.6 is 0 Å². The minimum Gasteiger partial charge on any atom is -0.369 e. The van der Waals surface area contributed by atoms with Crippen molar-refractivity contribution in [1.29, 1.82) is 0 Å². The lowest BCUT2D eigenvalue weighted by atomic mass is 10.0. The number of anilines is 1. The molecule has 1 unspecified atom stereocenters. The second kappa shape index (κ2) is 6.44. The molecule has 1 atom stereocenters. The minimum absolute atomic E-state index is 0.0227. The van der Waals surface area contributed by atoms with E-state index in [2.05, 4.69) is 5.32 Å². The normalized spacial score (nSPS) is 14.6. The molecule has 1 amide bonds. The van der Waals surface area contributed by atoms with Gasteiger partial charge in [-0.3, -0.25) is 4.79 Å². The van der Waals surface area contributed by atoms with Gasteiger partial charge in [0.05, 0.1) is 5.56 Å². The fraction of sp³-hybridized carbons (Fsp3) is 0.500. The number of carbonyl (C=O) groups is 1. The number of rotatable bonds is 5. The number of carbonyl (C=O) groups excluding carboxylic acids is 1. The summed E-state index contributed by atoms with van der Waals surface area (Å²) in [5.41, 5.74) is 3.40. The molecule has 21 heavy (non-hydrogen) atoms. The zero-order valence-corrected chi connectivity index (χ0v) is 12.2. The van der Waals surface area contributed by atoms with Crippen molar-refractivity contribution in [3.05, 3.63) is 29.3 Å². The Morgan fingerprint density at radius 3 is 2.43 bits per heavy atom. The van der Waals surface area contributed by atoms with Gasteiger partial charge in [0.2, 0.25) is 0 Å². The fourth-order valence-electron chi connectivity index (χ4n) is 1.76. The zero-order chi connectivity index (χ0) is 16.3. The SMILES string of the molecule is CCC(C)(OC)C(=O)Nc1ccc(CN)c(C(F)(F)F)c1. The lowest BCUT2D eigenvalue weighted by molar-refractivity contribution is -0.138. The van der Waals surface area contributed by atoms with Gasteiger partial charge in [0, 0.05) is 19.3 Å². The Bertz CT molecular complexity index is 511. The Balaban J connectivity index is 3.09. The molecule has 0 saturated carbocycles. The van der Waals surface area contributed by atoms with Gasteiger partial charge in [0.25, 0.3) is 5.91 Å². The quantitative estimate of drug-likeness (QED) is 0.879. The minimum atomic E-state index is -4.52. The average Bonchev–Trinajstić information content (AvgIpc) is 2.45. The van der Waals surface area contributed by atoms with Crippen molar-refractivity contribution in [3.63, 3.8) is 0 Å². The van der Waals surface area contributed by atoms with Crippen LogP contribution in [0.4, 0.5) is 18.9 Å². The van der Waals surface area contributed by atoms with E-state index in [0.717, 1.165) is 6.07 Å². The van der Waals surface area contributed by atoms with Crippen LogP contribution in [0.3, 0.4) is 0 Å². The van der Waals surface area contributed by atoms with Crippen LogP contribution in [0.15, 0.2) is 18.2 Å². The Hall–Kier alpha value is -1.60. The van der Waals surface area contributed by atoms with Gasteiger partial charge in [-0.05, 0) is 31.0 Å². The number of halogens is 3. The Morgan fingerprint density at radius 1 is 1.38 bits per heavy atom. The third kappa shape index (κ3) is 3.95. The molecule has 0 bridgehead atoms. The molecule has 0 heterocycles. The first-order valence-corrected chi connectivity index (χ1v) is 6.44. The van der Waals surface area contributed by atoms with Crippen LogP contribution in [-0.2, 0) is 22.3 Å². The summed E-state index contributed by atoms with van der Waals surface area (Å²) in [5, 5.41) is 2.44. The van der Waals surface area contributed by atoms with E-state index in [-0.39, 0.29) is 17.8 Å². The van der Waals surface area contributed by atoms with Crippen LogP contribution in [0.5, 0.6) is 0 Å². The Labute approximate surface area is 121 Å². The van der Waals surface area contributed by atoms with Gasteiger partial charge < -0.3 is 15.8 Å². The molecule has 7 heteroatoms. The number of benzene rings is 1.